The van der Waals surface area contributed by atoms with E-state index in [2.05, 4.69) is 0 Å². The molecule has 7 heteroatoms. The summed E-state index contributed by atoms with van der Waals surface area (Å²) in [6, 6.07) is 25.1. The minimum Gasteiger partial charge on any atom is -0.497 e. The molecule has 0 spiro atoms. The Morgan fingerprint density at radius 3 is 2.53 bits per heavy atom. The lowest BCUT2D eigenvalue weighted by Crippen LogP contribution is -2.37. The second kappa shape index (κ2) is 11.5. The first kappa shape index (κ1) is 25.5. The first-order valence-corrected chi connectivity index (χ1v) is 12.9. The lowest BCUT2D eigenvalue weighted by molar-refractivity contribution is 0.0506. The molecule has 1 aliphatic rings. The van der Waals surface area contributed by atoms with Gasteiger partial charge in [-0.25, -0.2) is 4.68 Å². The van der Waals surface area contributed by atoms with Crippen LogP contribution in [0.25, 0.3) is 11.3 Å². The molecule has 0 bridgehead atoms. The third-order valence-electron chi connectivity index (χ3n) is 6.76. The standard InChI is InChI=1S/C31H33N3O4/c1-22-9-7-12-26(19-22)38-31-28(29(32-33(31)2)23-10-5-4-6-11-23)21-34(20-27-13-8-18-37-27)30(35)24-14-16-25(36-3)17-15-24/h4-7,9-12,14-17,19,27H,8,13,18,20-21H2,1-3H3/t27-/m1/s1. The first-order chi connectivity index (χ1) is 18.5. The Labute approximate surface area is 223 Å². The maximum Gasteiger partial charge on any atom is 0.254 e. The third-order valence-corrected chi connectivity index (χ3v) is 6.76. The summed E-state index contributed by atoms with van der Waals surface area (Å²) >= 11 is 0. The zero-order valence-electron chi connectivity index (χ0n) is 22.1. The highest BCUT2D eigenvalue weighted by molar-refractivity contribution is 5.94. The fourth-order valence-corrected chi connectivity index (χ4v) is 4.80. The summed E-state index contributed by atoms with van der Waals surface area (Å²) < 4.78 is 19.4. The molecule has 0 N–H and O–H groups in total. The summed E-state index contributed by atoms with van der Waals surface area (Å²) in [6.45, 7) is 3.56. The van der Waals surface area contributed by atoms with Gasteiger partial charge in [0.25, 0.3) is 5.91 Å². The Morgan fingerprint density at radius 2 is 1.84 bits per heavy atom. The maximum atomic E-state index is 13.9. The third kappa shape index (κ3) is 5.73. The van der Waals surface area contributed by atoms with Gasteiger partial charge in [-0.15, -0.1) is 0 Å². The van der Waals surface area contributed by atoms with Gasteiger partial charge < -0.3 is 19.1 Å². The number of methoxy groups -OCH3 is 1. The Morgan fingerprint density at radius 1 is 1.05 bits per heavy atom. The molecule has 0 radical (unpaired) electrons. The molecule has 1 atom stereocenters. The van der Waals surface area contributed by atoms with Crippen LogP contribution in [0.5, 0.6) is 17.4 Å². The van der Waals surface area contributed by atoms with E-state index in [4.69, 9.17) is 19.3 Å². The number of nitrogens with zero attached hydrogens (tertiary/aromatic N) is 3. The van der Waals surface area contributed by atoms with Crippen molar-refractivity contribution in [1.82, 2.24) is 14.7 Å². The zero-order valence-corrected chi connectivity index (χ0v) is 22.1. The van der Waals surface area contributed by atoms with Crippen LogP contribution in [0, 0.1) is 6.92 Å². The van der Waals surface area contributed by atoms with E-state index in [9.17, 15) is 4.79 Å². The number of benzene rings is 3. The van der Waals surface area contributed by atoms with Gasteiger partial charge in [0.05, 0.1) is 25.3 Å². The van der Waals surface area contributed by atoms with Gasteiger partial charge in [-0.05, 0) is 61.7 Å². The van der Waals surface area contributed by atoms with Crippen LogP contribution in [0.4, 0.5) is 0 Å². The molecule has 38 heavy (non-hydrogen) atoms. The van der Waals surface area contributed by atoms with E-state index in [1.807, 2.05) is 85.6 Å². The fraction of sp³-hybridized carbons (Fsp3) is 0.290. The minimum absolute atomic E-state index is 0.00446. The van der Waals surface area contributed by atoms with Crippen LogP contribution in [0.15, 0.2) is 78.9 Å². The van der Waals surface area contributed by atoms with Crippen LogP contribution in [-0.2, 0) is 18.3 Å². The van der Waals surface area contributed by atoms with E-state index in [0.717, 1.165) is 47.6 Å². The maximum absolute atomic E-state index is 13.9. The zero-order chi connectivity index (χ0) is 26.5. The quantitative estimate of drug-likeness (QED) is 0.275. The lowest BCUT2D eigenvalue weighted by Gasteiger charge is -2.26. The highest BCUT2D eigenvalue weighted by Gasteiger charge is 2.28. The van der Waals surface area contributed by atoms with Crippen molar-refractivity contribution in [3.8, 4) is 28.6 Å². The highest BCUT2D eigenvalue weighted by Crippen LogP contribution is 2.35. The van der Waals surface area contributed by atoms with Crippen LogP contribution >= 0.6 is 0 Å². The molecule has 1 saturated heterocycles. The first-order valence-electron chi connectivity index (χ1n) is 12.9. The molecule has 0 unspecified atom stereocenters. The number of aryl methyl sites for hydroxylation is 2. The van der Waals surface area contributed by atoms with Gasteiger partial charge in [0.1, 0.15) is 17.2 Å². The number of carbonyl (C=O) groups is 1. The van der Waals surface area contributed by atoms with Crippen molar-refractivity contribution in [1.29, 1.82) is 0 Å². The molecule has 1 fully saturated rings. The molecule has 1 aromatic heterocycles. The number of hydrogen-bond acceptors (Lipinski definition) is 5. The highest BCUT2D eigenvalue weighted by atomic mass is 16.5. The number of hydrogen-bond donors (Lipinski definition) is 0. The van der Waals surface area contributed by atoms with Crippen LogP contribution in [0.3, 0.4) is 0 Å². The molecule has 7 nitrogen and oxygen atoms in total. The van der Waals surface area contributed by atoms with Crippen LogP contribution in [-0.4, -0.2) is 47.0 Å². The smallest absolute Gasteiger partial charge is 0.254 e. The molecule has 0 saturated carbocycles. The number of amides is 1. The van der Waals surface area contributed by atoms with Crippen molar-refractivity contribution in [2.24, 2.45) is 7.05 Å². The van der Waals surface area contributed by atoms with Gasteiger partial charge in [0.2, 0.25) is 5.88 Å². The molecule has 0 aliphatic carbocycles. The monoisotopic (exact) mass is 511 g/mol. The van der Waals surface area contributed by atoms with Crippen molar-refractivity contribution in [3.63, 3.8) is 0 Å². The molecular weight excluding hydrogens is 478 g/mol. The summed E-state index contributed by atoms with van der Waals surface area (Å²) in [7, 11) is 3.49. The Bertz CT molecular complexity index is 1380. The van der Waals surface area contributed by atoms with Crippen molar-refractivity contribution in [2.45, 2.75) is 32.4 Å². The Kier molecular flexibility index (Phi) is 7.75. The molecular formula is C31H33N3O4. The van der Waals surface area contributed by atoms with Gasteiger partial charge in [0.15, 0.2) is 0 Å². The van der Waals surface area contributed by atoms with Crippen LogP contribution in [0.1, 0.15) is 34.3 Å². The molecule has 196 valence electrons. The summed E-state index contributed by atoms with van der Waals surface area (Å²) in [5, 5.41) is 4.84. The molecule has 3 aromatic carbocycles. The van der Waals surface area contributed by atoms with Gasteiger partial charge >= 0.3 is 0 Å². The predicted octanol–water partition coefficient (Wildman–Crippen LogP) is 6.02. The summed E-state index contributed by atoms with van der Waals surface area (Å²) in [4.78, 5) is 15.7. The minimum atomic E-state index is -0.0764. The molecule has 2 heterocycles. The van der Waals surface area contributed by atoms with E-state index >= 15 is 0 Å². The SMILES string of the molecule is COc1ccc(C(=O)N(Cc2c(-c3ccccc3)nn(C)c2Oc2cccc(C)c2)C[C@H]2CCCO2)cc1. The molecule has 5 rings (SSSR count). The lowest BCUT2D eigenvalue weighted by atomic mass is 10.1. The van der Waals surface area contributed by atoms with Crippen molar-refractivity contribution < 1.29 is 19.0 Å². The fourth-order valence-electron chi connectivity index (χ4n) is 4.80. The average Bonchev–Trinajstić information content (AvgIpc) is 3.56. The number of ether oxygens (including phenoxy) is 3. The largest absolute Gasteiger partial charge is 0.497 e. The summed E-state index contributed by atoms with van der Waals surface area (Å²) in [6.07, 6.45) is 1.92. The van der Waals surface area contributed by atoms with Crippen LogP contribution < -0.4 is 9.47 Å². The second-order valence-corrected chi connectivity index (χ2v) is 9.59. The number of carbonyl (C=O) groups excluding carboxylic acids is 1. The van der Waals surface area contributed by atoms with E-state index in [-0.39, 0.29) is 12.0 Å². The van der Waals surface area contributed by atoms with Gasteiger partial charge in [-0.2, -0.15) is 5.10 Å². The van der Waals surface area contributed by atoms with Gasteiger partial charge in [-0.3, -0.25) is 4.79 Å². The molecule has 4 aromatic rings. The van der Waals surface area contributed by atoms with Crippen molar-refractivity contribution in [3.05, 3.63) is 95.6 Å². The van der Waals surface area contributed by atoms with Crippen molar-refractivity contribution >= 4 is 5.91 Å². The van der Waals surface area contributed by atoms with E-state index in [0.29, 0.717) is 30.3 Å². The van der Waals surface area contributed by atoms with E-state index in [1.54, 1.807) is 23.9 Å². The number of rotatable bonds is 9. The normalized spacial score (nSPS) is 14.9. The van der Waals surface area contributed by atoms with Crippen LogP contribution in [0.2, 0.25) is 0 Å². The van der Waals surface area contributed by atoms with E-state index < -0.39 is 0 Å². The van der Waals surface area contributed by atoms with Gasteiger partial charge in [0, 0.05) is 31.3 Å². The van der Waals surface area contributed by atoms with Crippen molar-refractivity contribution in [2.75, 3.05) is 20.3 Å². The van der Waals surface area contributed by atoms with Gasteiger partial charge in [-0.1, -0.05) is 42.5 Å². The molecule has 1 aliphatic heterocycles. The predicted molar refractivity (Wildman–Crippen MR) is 147 cm³/mol. The Hall–Kier alpha value is -4.10. The summed E-state index contributed by atoms with van der Waals surface area (Å²) in [5.41, 5.74) is 4.29. The Balaban J connectivity index is 1.55. The molecule has 1 amide bonds. The van der Waals surface area contributed by atoms with E-state index in [1.165, 1.54) is 0 Å². The number of aromatic nitrogens is 2. The second-order valence-electron chi connectivity index (χ2n) is 9.59. The average molecular weight is 512 g/mol. The summed E-state index contributed by atoms with van der Waals surface area (Å²) in [5.74, 6) is 1.96. The topological polar surface area (TPSA) is 65.8 Å².